The van der Waals surface area contributed by atoms with E-state index in [4.69, 9.17) is 20.3 Å². The minimum Gasteiger partial charge on any atom is -0.768 e. The van der Waals surface area contributed by atoms with Crippen LogP contribution in [-0.2, 0) is 14.6 Å². The van der Waals surface area contributed by atoms with Crippen LogP contribution in [0.3, 0.4) is 0 Å². The van der Waals surface area contributed by atoms with Gasteiger partial charge in [-0.25, -0.2) is 26.3 Å². The Morgan fingerprint density at radius 1 is 1.02 bits per heavy atom. The van der Waals surface area contributed by atoms with E-state index >= 15 is 8.78 Å². The van der Waals surface area contributed by atoms with E-state index in [-0.39, 0.29) is 23.5 Å². The highest BCUT2D eigenvalue weighted by molar-refractivity contribution is 7.92. The molecule has 3 saturated heterocycles. The van der Waals surface area contributed by atoms with Gasteiger partial charge in [0, 0.05) is 17.9 Å². The van der Waals surface area contributed by atoms with Crippen molar-refractivity contribution in [3.05, 3.63) is 53.1 Å². The average molecular weight is 693 g/mol. The molecule has 3 aromatic rings. The van der Waals surface area contributed by atoms with Crippen molar-refractivity contribution in [2.24, 2.45) is 5.73 Å². The summed E-state index contributed by atoms with van der Waals surface area (Å²) < 4.78 is 110. The first-order valence-electron chi connectivity index (χ1n) is 14.0. The quantitative estimate of drug-likeness (QED) is 0.120. The summed E-state index contributed by atoms with van der Waals surface area (Å²) in [5, 5.41) is 8.12. The lowest BCUT2D eigenvalue weighted by atomic mass is 10.1. The summed E-state index contributed by atoms with van der Waals surface area (Å²) in [7, 11) is -9.69. The van der Waals surface area contributed by atoms with Gasteiger partial charge in [-0.05, 0) is 24.7 Å². The van der Waals surface area contributed by atoms with E-state index in [0.29, 0.717) is 25.2 Å². The van der Waals surface area contributed by atoms with Crippen LogP contribution in [0.2, 0.25) is 0 Å². The number of rotatable bonds is 13. The first-order chi connectivity index (χ1) is 21.2. The number of piperazine rings is 3. The monoisotopic (exact) mass is 692 g/mol. The molecular formula is C27H31F4N5O6PS2+. The number of hydrogen-bond acceptors (Lipinski definition) is 9. The summed E-state index contributed by atoms with van der Waals surface area (Å²) in [5.74, 6) is -6.89. The molecule has 0 saturated carbocycles. The van der Waals surface area contributed by atoms with Gasteiger partial charge >= 0.3 is 0 Å². The lowest BCUT2D eigenvalue weighted by molar-refractivity contribution is -1.08. The highest BCUT2D eigenvalue weighted by Gasteiger charge is 2.48. The maximum absolute atomic E-state index is 15.4. The van der Waals surface area contributed by atoms with Crippen molar-refractivity contribution in [2.45, 2.75) is 10.6 Å². The molecule has 0 amide bonds. The summed E-state index contributed by atoms with van der Waals surface area (Å²) in [6.45, 7) is 7.65. The van der Waals surface area contributed by atoms with Crippen molar-refractivity contribution < 1.29 is 53.7 Å². The van der Waals surface area contributed by atoms with Crippen LogP contribution in [0.5, 0.6) is 11.5 Å². The second-order valence-corrected chi connectivity index (χ2v) is 16.1. The number of halogens is 4. The second kappa shape index (κ2) is 12.8. The lowest BCUT2D eigenvalue weighted by Gasteiger charge is -2.55. The summed E-state index contributed by atoms with van der Waals surface area (Å²) in [6.07, 6.45) is -0.348. The van der Waals surface area contributed by atoms with Crippen LogP contribution in [0, 0.1) is 34.6 Å². The molecule has 244 valence electrons. The predicted molar refractivity (Wildman–Crippen MR) is 155 cm³/mol. The third kappa shape index (κ3) is 6.98. The topological polar surface area (TPSA) is 155 Å². The zero-order chi connectivity index (χ0) is 32.6. The van der Waals surface area contributed by atoms with Crippen LogP contribution < -0.4 is 24.6 Å². The number of benzene rings is 2. The van der Waals surface area contributed by atoms with Gasteiger partial charge in [-0.1, -0.05) is 0 Å². The number of fused-ring (bicyclic) bond motifs is 4. The van der Waals surface area contributed by atoms with Crippen LogP contribution in [0.4, 0.5) is 17.6 Å². The highest BCUT2D eigenvalue weighted by Crippen LogP contribution is 2.41. The Labute approximate surface area is 261 Å². The van der Waals surface area contributed by atoms with Gasteiger partial charge in [0.15, 0.2) is 25.0 Å². The van der Waals surface area contributed by atoms with Gasteiger partial charge in [0.25, 0.3) is 10.0 Å². The standard InChI is InChI=1S/C27H31F4N5O6PS2/c28-21-14-19(3-2-18(21)16-33)42-43(37,38)17-34-45(39,40)22-15-20-23(29)24(30)26(25(31)27(20)44-22)41-13-12-36-9-6-35(7-10-36,8-11-36)5-1-4-32/h2-3,14-15,34H,1,4-13,17,32H2/q+1. The molecular weight excluding hydrogens is 661 g/mol. The third-order valence-corrected chi connectivity index (χ3v) is 12.8. The van der Waals surface area contributed by atoms with Crippen molar-refractivity contribution in [3.8, 4) is 17.6 Å². The number of nitrogens with zero attached hydrogens (tertiary/aromatic N) is 3. The maximum atomic E-state index is 15.4. The number of nitrogens with one attached hydrogen (secondary N) is 1. The van der Waals surface area contributed by atoms with Crippen molar-refractivity contribution in [2.75, 3.05) is 71.8 Å². The molecule has 0 radical (unpaired) electrons. The third-order valence-electron chi connectivity index (χ3n) is 8.55. The first-order valence-corrected chi connectivity index (χ1v) is 18.1. The average Bonchev–Trinajstić information content (AvgIpc) is 3.48. The van der Waals surface area contributed by atoms with E-state index in [0.717, 1.165) is 73.3 Å². The Bertz CT molecular complexity index is 1790. The molecule has 2 aromatic carbocycles. The Morgan fingerprint density at radius 2 is 1.67 bits per heavy atom. The lowest BCUT2D eigenvalue weighted by Crippen LogP contribution is -2.75. The minimum atomic E-state index is -5.00. The van der Waals surface area contributed by atoms with Gasteiger partial charge in [0.2, 0.25) is 5.82 Å². The van der Waals surface area contributed by atoms with Gasteiger partial charge in [0.05, 0.1) is 23.1 Å². The normalized spacial score (nSPS) is 22.7. The maximum Gasteiger partial charge on any atom is 0.250 e. The molecule has 3 N–H and O–H groups in total. The summed E-state index contributed by atoms with van der Waals surface area (Å²) in [4.78, 5) is 12.3. The highest BCUT2D eigenvalue weighted by atomic mass is 32.2. The fraction of sp³-hybridized carbons (Fsp3) is 0.444. The van der Waals surface area contributed by atoms with E-state index in [2.05, 4.69) is 0 Å². The van der Waals surface area contributed by atoms with Crippen molar-refractivity contribution in [1.29, 1.82) is 5.26 Å². The number of nitriles is 1. The van der Waals surface area contributed by atoms with Crippen molar-refractivity contribution in [1.82, 2.24) is 4.72 Å². The first kappa shape index (κ1) is 33.6. The number of thiophene rings is 1. The Balaban J connectivity index is 1.26. The fourth-order valence-corrected chi connectivity index (χ4v) is 9.74. The summed E-state index contributed by atoms with van der Waals surface area (Å²) in [6, 6.07) is 4.86. The molecule has 6 rings (SSSR count). The molecule has 0 aliphatic carbocycles. The van der Waals surface area contributed by atoms with E-state index in [9.17, 15) is 26.7 Å². The van der Waals surface area contributed by atoms with E-state index < -0.39 is 73.0 Å². The molecule has 18 heteroatoms. The predicted octanol–water partition coefficient (Wildman–Crippen LogP) is 2.59. The molecule has 3 aliphatic heterocycles. The van der Waals surface area contributed by atoms with Crippen LogP contribution in [0.15, 0.2) is 28.5 Å². The summed E-state index contributed by atoms with van der Waals surface area (Å²) in [5.41, 5.74) is 5.32. The van der Waals surface area contributed by atoms with Gasteiger partial charge in [-0.2, -0.15) is 9.65 Å². The minimum absolute atomic E-state index is 0.0817. The zero-order valence-corrected chi connectivity index (χ0v) is 26.5. The van der Waals surface area contributed by atoms with Crippen LogP contribution in [-0.4, -0.2) is 89.2 Å². The Morgan fingerprint density at radius 3 is 2.27 bits per heavy atom. The molecule has 1 atom stereocenters. The molecule has 1 aromatic heterocycles. The van der Waals surface area contributed by atoms with Crippen LogP contribution in [0.1, 0.15) is 12.0 Å². The summed E-state index contributed by atoms with van der Waals surface area (Å²) >= 11 is 0.266. The van der Waals surface area contributed by atoms with Gasteiger partial charge in [-0.3, -0.25) is 4.57 Å². The van der Waals surface area contributed by atoms with Gasteiger partial charge in [-0.15, -0.1) is 11.3 Å². The Kier molecular flexibility index (Phi) is 9.52. The number of ether oxygens (including phenoxy) is 1. The van der Waals surface area contributed by atoms with Crippen LogP contribution in [0.25, 0.3) is 10.1 Å². The molecule has 11 nitrogen and oxygen atoms in total. The molecule has 3 fully saturated rings. The number of hydrogen-bond donors (Lipinski definition) is 2. The molecule has 4 heterocycles. The smallest absolute Gasteiger partial charge is 0.250 e. The van der Waals surface area contributed by atoms with Crippen molar-refractivity contribution in [3.63, 3.8) is 0 Å². The molecule has 1 unspecified atom stereocenters. The van der Waals surface area contributed by atoms with Crippen molar-refractivity contribution >= 4 is 39.0 Å². The molecule has 3 aliphatic rings. The fourth-order valence-electron chi connectivity index (χ4n) is 5.82. The molecule has 45 heavy (non-hydrogen) atoms. The SMILES string of the molecule is N#Cc1ccc(OP(=O)([O-])CNS(=O)(=O)c2cc3c(F)c(F)c(OCC[N+]45CC[N+](CCCN)(CC4)CC5)c(F)c3s2)cc1F. The molecule has 2 bridgehead atoms. The van der Waals surface area contributed by atoms with E-state index in [1.54, 1.807) is 10.8 Å². The molecule has 0 spiro atoms. The van der Waals surface area contributed by atoms with Crippen LogP contribution >= 0.6 is 18.9 Å². The van der Waals surface area contributed by atoms with Gasteiger partial charge in [0.1, 0.15) is 74.3 Å². The van der Waals surface area contributed by atoms with Gasteiger partial charge < -0.3 is 28.9 Å². The largest absolute Gasteiger partial charge is 0.768 e. The van der Waals surface area contributed by atoms with E-state index in [1.165, 1.54) is 0 Å². The zero-order valence-electron chi connectivity index (χ0n) is 23.9. The number of quaternary nitrogens is 2. The van der Waals surface area contributed by atoms with E-state index in [1.807, 2.05) is 0 Å². The number of nitrogens with two attached hydrogens (primary N) is 1. The second-order valence-electron chi connectivity index (χ2n) is 11.3. The Hall–Kier alpha value is -2.81. The number of sulfonamides is 1.